The first-order valence-corrected chi connectivity index (χ1v) is 7.11. The highest BCUT2D eigenvalue weighted by Gasteiger charge is 2.47. The largest absolute Gasteiger partial charge is 0.507 e. The van der Waals surface area contributed by atoms with Gasteiger partial charge < -0.3 is 10.4 Å². The van der Waals surface area contributed by atoms with E-state index < -0.39 is 12.2 Å². The molecule has 1 heterocycles. The minimum absolute atomic E-state index is 0.0978. The van der Waals surface area contributed by atoms with Gasteiger partial charge in [0.05, 0.1) is 0 Å². The molecule has 1 saturated heterocycles. The van der Waals surface area contributed by atoms with Crippen LogP contribution < -0.4 is 5.32 Å². The molecular formula is C13H16BrF3N2O. The molecule has 2 rings (SSSR count). The van der Waals surface area contributed by atoms with E-state index in [0.29, 0.717) is 31.7 Å². The van der Waals surface area contributed by atoms with Crippen molar-refractivity contribution in [2.24, 2.45) is 0 Å². The molecule has 7 heteroatoms. The molecule has 1 aliphatic rings. The molecule has 1 atom stereocenters. The molecule has 0 saturated carbocycles. The average molecular weight is 353 g/mol. The summed E-state index contributed by atoms with van der Waals surface area (Å²) in [5.41, 5.74) is 0.340. The number of rotatable bonds is 2. The number of aryl methyl sites for hydroxylation is 1. The molecule has 0 aliphatic carbocycles. The Hall–Kier alpha value is -0.790. The Bertz CT molecular complexity index is 487. The zero-order chi connectivity index (χ0) is 14.9. The first kappa shape index (κ1) is 15.6. The number of phenols is 1. The monoisotopic (exact) mass is 352 g/mol. The van der Waals surface area contributed by atoms with Crippen LogP contribution in [-0.4, -0.2) is 42.4 Å². The quantitative estimate of drug-likeness (QED) is 0.858. The van der Waals surface area contributed by atoms with Crippen LogP contribution in [0.3, 0.4) is 0 Å². The van der Waals surface area contributed by atoms with E-state index in [1.54, 1.807) is 19.1 Å². The summed E-state index contributed by atoms with van der Waals surface area (Å²) >= 11 is 3.14. The van der Waals surface area contributed by atoms with Gasteiger partial charge in [0.25, 0.3) is 0 Å². The summed E-state index contributed by atoms with van der Waals surface area (Å²) < 4.78 is 40.7. The number of hydrogen-bond donors (Lipinski definition) is 2. The van der Waals surface area contributed by atoms with Gasteiger partial charge in [-0.2, -0.15) is 13.2 Å². The lowest BCUT2D eigenvalue weighted by Gasteiger charge is -2.37. The lowest BCUT2D eigenvalue weighted by molar-refractivity contribution is -0.188. The summed E-state index contributed by atoms with van der Waals surface area (Å²) in [4.78, 5) is 1.36. The summed E-state index contributed by atoms with van der Waals surface area (Å²) in [6.45, 7) is 3.21. The van der Waals surface area contributed by atoms with E-state index in [1.165, 1.54) is 4.90 Å². The number of nitrogens with zero attached hydrogens (tertiary/aromatic N) is 1. The molecule has 1 aromatic carbocycles. The van der Waals surface area contributed by atoms with Gasteiger partial charge in [0.2, 0.25) is 0 Å². The molecule has 0 aromatic heterocycles. The fourth-order valence-corrected chi connectivity index (χ4v) is 2.98. The third-order valence-corrected chi connectivity index (χ3v) is 4.16. The van der Waals surface area contributed by atoms with Crippen LogP contribution in [0, 0.1) is 6.92 Å². The standard InChI is InChI=1S/C13H16BrF3N2O/c1-8-2-3-9(14)10(11(8)20)12(13(15,16)17)19-6-4-18-5-7-19/h2-3,12,18,20H,4-7H2,1H3/t12-/m0/s1. The van der Waals surface area contributed by atoms with Crippen LogP contribution >= 0.6 is 15.9 Å². The molecule has 1 aromatic rings. The van der Waals surface area contributed by atoms with Gasteiger partial charge in [0, 0.05) is 36.2 Å². The van der Waals surface area contributed by atoms with Gasteiger partial charge >= 0.3 is 6.18 Å². The van der Waals surface area contributed by atoms with E-state index >= 15 is 0 Å². The van der Waals surface area contributed by atoms with Crippen LogP contribution in [0.15, 0.2) is 16.6 Å². The second-order valence-electron chi connectivity index (χ2n) is 4.86. The number of hydrogen-bond acceptors (Lipinski definition) is 3. The molecule has 0 bridgehead atoms. The Balaban J connectivity index is 2.49. The fourth-order valence-electron chi connectivity index (χ4n) is 2.45. The summed E-state index contributed by atoms with van der Waals surface area (Å²) in [7, 11) is 0. The van der Waals surface area contributed by atoms with E-state index in [4.69, 9.17) is 0 Å². The minimum atomic E-state index is -4.44. The van der Waals surface area contributed by atoms with Gasteiger partial charge in [-0.1, -0.05) is 22.0 Å². The van der Waals surface area contributed by atoms with E-state index in [0.717, 1.165) is 0 Å². The minimum Gasteiger partial charge on any atom is -0.507 e. The maximum Gasteiger partial charge on any atom is 0.408 e. The van der Waals surface area contributed by atoms with Crippen molar-refractivity contribution in [2.45, 2.75) is 19.1 Å². The van der Waals surface area contributed by atoms with E-state index in [1.807, 2.05) is 0 Å². The molecular weight excluding hydrogens is 337 g/mol. The Labute approximate surface area is 123 Å². The Morgan fingerprint density at radius 1 is 1.30 bits per heavy atom. The zero-order valence-electron chi connectivity index (χ0n) is 11.0. The van der Waals surface area contributed by atoms with Crippen LogP contribution in [0.5, 0.6) is 5.75 Å². The number of nitrogens with one attached hydrogen (secondary N) is 1. The van der Waals surface area contributed by atoms with Crippen molar-refractivity contribution in [1.29, 1.82) is 0 Å². The van der Waals surface area contributed by atoms with Crippen LogP contribution in [0.2, 0.25) is 0 Å². The molecule has 20 heavy (non-hydrogen) atoms. The second kappa shape index (κ2) is 5.91. The fraction of sp³-hybridized carbons (Fsp3) is 0.538. The van der Waals surface area contributed by atoms with Crippen LogP contribution in [0.4, 0.5) is 13.2 Å². The van der Waals surface area contributed by atoms with Gasteiger partial charge in [-0.15, -0.1) is 0 Å². The molecule has 1 fully saturated rings. The third kappa shape index (κ3) is 3.10. The van der Waals surface area contributed by atoms with E-state index in [2.05, 4.69) is 21.2 Å². The molecule has 0 unspecified atom stereocenters. The number of piperazine rings is 1. The third-order valence-electron chi connectivity index (χ3n) is 3.47. The van der Waals surface area contributed by atoms with Gasteiger partial charge in [-0.25, -0.2) is 0 Å². The van der Waals surface area contributed by atoms with Crippen molar-refractivity contribution >= 4 is 15.9 Å². The predicted octanol–water partition coefficient (Wildman–Crippen LogP) is 2.97. The van der Waals surface area contributed by atoms with Gasteiger partial charge in [-0.3, -0.25) is 4.90 Å². The molecule has 1 aliphatic heterocycles. The topological polar surface area (TPSA) is 35.5 Å². The molecule has 0 spiro atoms. The average Bonchev–Trinajstić information content (AvgIpc) is 2.39. The van der Waals surface area contributed by atoms with Crippen molar-refractivity contribution in [3.05, 3.63) is 27.7 Å². The predicted molar refractivity (Wildman–Crippen MR) is 73.8 cm³/mol. The normalized spacial score (nSPS) is 19.1. The summed E-state index contributed by atoms with van der Waals surface area (Å²) in [5.74, 6) is -0.291. The Morgan fingerprint density at radius 3 is 2.45 bits per heavy atom. The SMILES string of the molecule is Cc1ccc(Br)c([C@H](N2CCNCC2)C(F)(F)F)c1O. The zero-order valence-corrected chi connectivity index (χ0v) is 12.6. The van der Waals surface area contributed by atoms with Crippen LogP contribution in [0.25, 0.3) is 0 Å². The molecule has 3 nitrogen and oxygen atoms in total. The van der Waals surface area contributed by atoms with Crippen molar-refractivity contribution in [3.63, 3.8) is 0 Å². The van der Waals surface area contributed by atoms with Crippen molar-refractivity contribution in [2.75, 3.05) is 26.2 Å². The molecule has 2 N–H and O–H groups in total. The highest BCUT2D eigenvalue weighted by Crippen LogP contribution is 2.45. The number of alkyl halides is 3. The number of benzene rings is 1. The molecule has 0 amide bonds. The Kier molecular flexibility index (Phi) is 4.61. The van der Waals surface area contributed by atoms with Crippen molar-refractivity contribution in [1.82, 2.24) is 10.2 Å². The van der Waals surface area contributed by atoms with Crippen molar-refractivity contribution in [3.8, 4) is 5.75 Å². The molecule has 112 valence electrons. The van der Waals surface area contributed by atoms with Crippen LogP contribution in [0.1, 0.15) is 17.2 Å². The van der Waals surface area contributed by atoms with Gasteiger partial charge in [0.1, 0.15) is 11.8 Å². The summed E-state index contributed by atoms with van der Waals surface area (Å²) in [5, 5.41) is 13.1. The van der Waals surface area contributed by atoms with Gasteiger partial charge in [0.15, 0.2) is 0 Å². The number of phenolic OH excluding ortho intramolecular Hbond substituents is 1. The Morgan fingerprint density at radius 2 is 1.90 bits per heavy atom. The lowest BCUT2D eigenvalue weighted by Crippen LogP contribution is -2.49. The number of aromatic hydroxyl groups is 1. The van der Waals surface area contributed by atoms with Gasteiger partial charge in [-0.05, 0) is 18.6 Å². The van der Waals surface area contributed by atoms with E-state index in [-0.39, 0.29) is 15.8 Å². The highest BCUT2D eigenvalue weighted by atomic mass is 79.9. The highest BCUT2D eigenvalue weighted by molar-refractivity contribution is 9.10. The maximum atomic E-state index is 13.5. The number of halogens is 4. The maximum absolute atomic E-state index is 13.5. The first-order chi connectivity index (χ1) is 9.32. The smallest absolute Gasteiger partial charge is 0.408 e. The van der Waals surface area contributed by atoms with Crippen LogP contribution in [-0.2, 0) is 0 Å². The first-order valence-electron chi connectivity index (χ1n) is 6.32. The summed E-state index contributed by atoms with van der Waals surface area (Å²) in [6, 6.07) is 1.35. The second-order valence-corrected chi connectivity index (χ2v) is 5.71. The van der Waals surface area contributed by atoms with Crippen molar-refractivity contribution < 1.29 is 18.3 Å². The van der Waals surface area contributed by atoms with E-state index in [9.17, 15) is 18.3 Å². The lowest BCUT2D eigenvalue weighted by atomic mass is 10.00. The molecule has 0 radical (unpaired) electrons. The summed E-state index contributed by atoms with van der Waals surface area (Å²) in [6.07, 6.45) is -4.44.